The third kappa shape index (κ3) is 2.21. The van der Waals surface area contributed by atoms with Crippen LogP contribution >= 0.6 is 0 Å². The molecule has 0 radical (unpaired) electrons. The molecule has 0 saturated carbocycles. The molecule has 0 spiro atoms. The molecule has 2 heterocycles. The Morgan fingerprint density at radius 3 is 3.00 bits per heavy atom. The van der Waals surface area contributed by atoms with E-state index in [1.165, 1.54) is 0 Å². The minimum atomic E-state index is -0.154. The van der Waals surface area contributed by atoms with Gasteiger partial charge in [0, 0.05) is 6.54 Å². The lowest BCUT2D eigenvalue weighted by atomic mass is 10.2. The standard InChI is InChI=1S/C12H14N4O/c1-2-3-4-7-16-11-10(15-12(16)17)6-5-9(8-13)14-11/h5-6H,2-4,7H2,1H3,(H,15,17). The van der Waals surface area contributed by atoms with Gasteiger partial charge in [-0.15, -0.1) is 0 Å². The topological polar surface area (TPSA) is 74.5 Å². The number of nitrogens with one attached hydrogen (secondary N) is 1. The van der Waals surface area contributed by atoms with Crippen LogP contribution in [-0.2, 0) is 6.54 Å². The number of fused-ring (bicyclic) bond motifs is 1. The van der Waals surface area contributed by atoms with E-state index in [0.29, 0.717) is 23.4 Å². The molecular formula is C12H14N4O. The Morgan fingerprint density at radius 2 is 2.29 bits per heavy atom. The molecule has 88 valence electrons. The Hall–Kier alpha value is -2.09. The number of nitrogens with zero attached hydrogens (tertiary/aromatic N) is 3. The summed E-state index contributed by atoms with van der Waals surface area (Å²) >= 11 is 0. The molecule has 0 aliphatic rings. The van der Waals surface area contributed by atoms with E-state index in [4.69, 9.17) is 5.26 Å². The molecule has 0 atom stereocenters. The van der Waals surface area contributed by atoms with E-state index in [1.54, 1.807) is 16.7 Å². The predicted molar refractivity (Wildman–Crippen MR) is 64.6 cm³/mol. The Balaban J connectivity index is 2.42. The van der Waals surface area contributed by atoms with Crippen LogP contribution < -0.4 is 5.69 Å². The summed E-state index contributed by atoms with van der Waals surface area (Å²) in [5.41, 5.74) is 1.44. The molecule has 2 aromatic heterocycles. The number of aromatic amines is 1. The summed E-state index contributed by atoms with van der Waals surface area (Å²) in [6.45, 7) is 2.76. The summed E-state index contributed by atoms with van der Waals surface area (Å²) in [6, 6.07) is 5.31. The highest BCUT2D eigenvalue weighted by atomic mass is 16.1. The highest BCUT2D eigenvalue weighted by Gasteiger charge is 2.08. The van der Waals surface area contributed by atoms with Crippen LogP contribution in [0.3, 0.4) is 0 Å². The molecule has 0 aromatic carbocycles. The van der Waals surface area contributed by atoms with Crippen molar-refractivity contribution in [2.24, 2.45) is 0 Å². The van der Waals surface area contributed by atoms with Crippen LogP contribution in [0.5, 0.6) is 0 Å². The molecule has 5 nitrogen and oxygen atoms in total. The second-order valence-electron chi connectivity index (χ2n) is 3.97. The molecule has 0 saturated heterocycles. The van der Waals surface area contributed by atoms with E-state index in [1.807, 2.05) is 6.07 Å². The van der Waals surface area contributed by atoms with Gasteiger partial charge in [-0.05, 0) is 18.6 Å². The smallest absolute Gasteiger partial charge is 0.304 e. The lowest BCUT2D eigenvalue weighted by molar-refractivity contribution is 0.597. The first-order valence-corrected chi connectivity index (χ1v) is 5.76. The summed E-state index contributed by atoms with van der Waals surface area (Å²) in [6.07, 6.45) is 3.13. The molecule has 0 fully saturated rings. The van der Waals surface area contributed by atoms with E-state index in [-0.39, 0.29) is 5.69 Å². The summed E-state index contributed by atoms with van der Waals surface area (Å²) in [7, 11) is 0. The van der Waals surface area contributed by atoms with E-state index >= 15 is 0 Å². The van der Waals surface area contributed by atoms with E-state index < -0.39 is 0 Å². The van der Waals surface area contributed by atoms with Crippen LogP contribution in [0.15, 0.2) is 16.9 Å². The molecule has 0 bridgehead atoms. The van der Waals surface area contributed by atoms with Gasteiger partial charge in [0.1, 0.15) is 11.8 Å². The van der Waals surface area contributed by atoms with Crippen molar-refractivity contribution in [2.75, 3.05) is 0 Å². The van der Waals surface area contributed by atoms with Crippen molar-refractivity contribution in [3.63, 3.8) is 0 Å². The second kappa shape index (κ2) is 4.83. The zero-order chi connectivity index (χ0) is 12.3. The van der Waals surface area contributed by atoms with Crippen molar-refractivity contribution in [3.05, 3.63) is 28.3 Å². The zero-order valence-corrected chi connectivity index (χ0v) is 9.73. The van der Waals surface area contributed by atoms with Crippen molar-refractivity contribution in [1.82, 2.24) is 14.5 Å². The first-order chi connectivity index (χ1) is 8.26. The van der Waals surface area contributed by atoms with Crippen molar-refractivity contribution in [1.29, 1.82) is 5.26 Å². The van der Waals surface area contributed by atoms with Crippen LogP contribution in [0, 0.1) is 11.3 Å². The van der Waals surface area contributed by atoms with Gasteiger partial charge in [0.25, 0.3) is 0 Å². The molecule has 1 N–H and O–H groups in total. The molecule has 2 rings (SSSR count). The molecule has 2 aromatic rings. The molecule has 5 heteroatoms. The van der Waals surface area contributed by atoms with Gasteiger partial charge in [0.05, 0.1) is 5.52 Å². The Morgan fingerprint density at radius 1 is 1.47 bits per heavy atom. The monoisotopic (exact) mass is 230 g/mol. The van der Waals surface area contributed by atoms with Crippen molar-refractivity contribution in [2.45, 2.75) is 32.7 Å². The van der Waals surface area contributed by atoms with Gasteiger partial charge in [-0.3, -0.25) is 4.57 Å². The lowest BCUT2D eigenvalue weighted by Gasteiger charge is -2.01. The molecule has 17 heavy (non-hydrogen) atoms. The number of aromatic nitrogens is 3. The maximum Gasteiger partial charge on any atom is 0.327 e. The Bertz CT molecular complexity index is 617. The summed E-state index contributed by atoms with van der Waals surface area (Å²) in [5.74, 6) is 0. The number of hydrogen-bond donors (Lipinski definition) is 1. The summed E-state index contributed by atoms with van der Waals surface area (Å²) in [5, 5.41) is 8.80. The van der Waals surface area contributed by atoms with Crippen molar-refractivity contribution >= 4 is 11.2 Å². The molecular weight excluding hydrogens is 216 g/mol. The quantitative estimate of drug-likeness (QED) is 0.813. The number of nitriles is 1. The van der Waals surface area contributed by atoms with Crippen molar-refractivity contribution in [3.8, 4) is 6.07 Å². The molecule has 0 unspecified atom stereocenters. The van der Waals surface area contributed by atoms with E-state index in [0.717, 1.165) is 19.3 Å². The highest BCUT2D eigenvalue weighted by Crippen LogP contribution is 2.09. The fraction of sp³-hybridized carbons (Fsp3) is 0.417. The fourth-order valence-electron chi connectivity index (χ4n) is 1.82. The number of aryl methyl sites for hydroxylation is 1. The third-order valence-electron chi connectivity index (χ3n) is 2.72. The lowest BCUT2D eigenvalue weighted by Crippen LogP contribution is -2.17. The van der Waals surface area contributed by atoms with Gasteiger partial charge in [0.15, 0.2) is 5.65 Å². The number of H-pyrrole nitrogens is 1. The van der Waals surface area contributed by atoms with E-state index in [2.05, 4.69) is 16.9 Å². The van der Waals surface area contributed by atoms with Crippen LogP contribution in [0.2, 0.25) is 0 Å². The number of unbranched alkanes of at least 4 members (excludes halogenated alkanes) is 2. The van der Waals surface area contributed by atoms with Gasteiger partial charge in [0.2, 0.25) is 0 Å². The van der Waals surface area contributed by atoms with Crippen LogP contribution in [0.25, 0.3) is 11.2 Å². The van der Waals surface area contributed by atoms with Crippen LogP contribution in [0.4, 0.5) is 0 Å². The second-order valence-corrected chi connectivity index (χ2v) is 3.97. The highest BCUT2D eigenvalue weighted by molar-refractivity contribution is 5.71. The Labute approximate surface area is 98.7 Å². The predicted octanol–water partition coefficient (Wildman–Crippen LogP) is 1.79. The maximum absolute atomic E-state index is 11.7. The van der Waals surface area contributed by atoms with Gasteiger partial charge in [-0.1, -0.05) is 19.8 Å². The number of pyridine rings is 1. The zero-order valence-electron chi connectivity index (χ0n) is 9.73. The van der Waals surface area contributed by atoms with Gasteiger partial charge < -0.3 is 4.98 Å². The third-order valence-corrected chi connectivity index (χ3v) is 2.72. The van der Waals surface area contributed by atoms with Gasteiger partial charge in [-0.25, -0.2) is 9.78 Å². The average molecular weight is 230 g/mol. The molecule has 0 aliphatic carbocycles. The average Bonchev–Trinajstić information content (AvgIpc) is 2.65. The van der Waals surface area contributed by atoms with Crippen LogP contribution in [-0.4, -0.2) is 14.5 Å². The maximum atomic E-state index is 11.7. The minimum absolute atomic E-state index is 0.154. The minimum Gasteiger partial charge on any atom is -0.304 e. The normalized spacial score (nSPS) is 10.6. The summed E-state index contributed by atoms with van der Waals surface area (Å²) in [4.78, 5) is 18.6. The van der Waals surface area contributed by atoms with Crippen LogP contribution in [0.1, 0.15) is 31.9 Å². The van der Waals surface area contributed by atoms with Crippen molar-refractivity contribution < 1.29 is 0 Å². The molecule has 0 aliphatic heterocycles. The fourth-order valence-corrected chi connectivity index (χ4v) is 1.82. The first-order valence-electron chi connectivity index (χ1n) is 5.76. The van der Waals surface area contributed by atoms with Gasteiger partial charge in [-0.2, -0.15) is 5.26 Å². The number of hydrogen-bond acceptors (Lipinski definition) is 3. The largest absolute Gasteiger partial charge is 0.327 e. The number of imidazole rings is 1. The molecule has 0 amide bonds. The number of rotatable bonds is 4. The van der Waals surface area contributed by atoms with E-state index in [9.17, 15) is 4.79 Å². The Kier molecular flexibility index (Phi) is 3.24. The summed E-state index contributed by atoms with van der Waals surface area (Å²) < 4.78 is 1.60. The first kappa shape index (κ1) is 11.4. The van der Waals surface area contributed by atoms with Gasteiger partial charge >= 0.3 is 5.69 Å². The SMILES string of the molecule is CCCCCn1c(=O)[nH]c2ccc(C#N)nc21.